The summed E-state index contributed by atoms with van der Waals surface area (Å²) in [5.74, 6) is -0.872. The van der Waals surface area contributed by atoms with E-state index < -0.39 is 38.6 Å². The molecule has 0 aromatic heterocycles. The first kappa shape index (κ1) is 57.4. The van der Waals surface area contributed by atoms with Crippen molar-refractivity contribution in [3.8, 4) is 0 Å². The van der Waals surface area contributed by atoms with E-state index in [0.29, 0.717) is 30.3 Å². The van der Waals surface area contributed by atoms with Crippen LogP contribution in [0.4, 0.5) is 0 Å². The summed E-state index contributed by atoms with van der Waals surface area (Å²) in [6, 6.07) is 0. The zero-order chi connectivity index (χ0) is 44.4. The zero-order valence-electron chi connectivity index (χ0n) is 38.5. The van der Waals surface area contributed by atoms with Gasteiger partial charge in [-0.15, -0.1) is 0 Å². The molecule has 0 saturated heterocycles. The summed E-state index contributed by atoms with van der Waals surface area (Å²) in [7, 11) is 1.41. The van der Waals surface area contributed by atoms with Gasteiger partial charge < -0.3 is 24.0 Å². The number of phosphoric ester groups is 1. The van der Waals surface area contributed by atoms with Crippen molar-refractivity contribution in [3.63, 3.8) is 0 Å². The van der Waals surface area contributed by atoms with Crippen molar-refractivity contribution < 1.29 is 47.2 Å². The quantitative estimate of drug-likeness (QED) is 0.0154. The number of nitrogens with zero attached hydrogens (tertiary/aromatic N) is 1. The largest absolute Gasteiger partial charge is 0.472 e. The maximum atomic E-state index is 12.7. The predicted molar refractivity (Wildman–Crippen MR) is 248 cm³/mol. The lowest BCUT2D eigenvalue weighted by atomic mass is 10.1. The molecule has 0 spiro atoms. The van der Waals surface area contributed by atoms with Crippen LogP contribution in [0.2, 0.25) is 0 Å². The minimum absolute atomic E-state index is 0.0120. The van der Waals surface area contributed by atoms with Crippen LogP contribution in [0.15, 0.2) is 72.9 Å². The molecule has 0 aromatic carbocycles. The molecule has 0 aliphatic heterocycles. The van der Waals surface area contributed by atoms with Crippen LogP contribution in [0.5, 0.6) is 0 Å². The molecule has 346 valence electrons. The number of allylic oxidation sites excluding steroid dienone is 10. The van der Waals surface area contributed by atoms with Gasteiger partial charge in [-0.1, -0.05) is 151 Å². The number of carbonyl (C=O) groups is 2. The number of likely N-dealkylation sites (N-methyl/N-ethyl adjacent to an activating group) is 1. The molecule has 0 fully saturated rings. The zero-order valence-corrected chi connectivity index (χ0v) is 39.4. The van der Waals surface area contributed by atoms with Crippen molar-refractivity contribution in [3.05, 3.63) is 72.9 Å². The Morgan fingerprint density at radius 2 is 1.15 bits per heavy atom. The lowest BCUT2D eigenvalue weighted by Gasteiger charge is -2.24. The first-order valence-corrected chi connectivity index (χ1v) is 24.8. The Kier molecular flexibility index (Phi) is 38.7. The third kappa shape index (κ3) is 43.5. The molecule has 10 nitrogen and oxygen atoms in total. The van der Waals surface area contributed by atoms with Gasteiger partial charge in [0.2, 0.25) is 0 Å². The lowest BCUT2D eigenvalue weighted by molar-refractivity contribution is -0.870. The first-order valence-electron chi connectivity index (χ1n) is 23.3. The summed E-state index contributed by atoms with van der Waals surface area (Å²) in [5.41, 5.74) is 0. The average molecular weight is 865 g/mol. The number of ether oxygens (including phenoxy) is 2. The van der Waals surface area contributed by atoms with Crippen molar-refractivity contribution in [1.29, 1.82) is 0 Å². The number of aliphatic hydroxyl groups excluding tert-OH is 1. The summed E-state index contributed by atoms with van der Waals surface area (Å²) in [6.07, 6.45) is 47.0. The van der Waals surface area contributed by atoms with E-state index in [1.807, 2.05) is 45.4 Å². The number of carbonyl (C=O) groups excluding carboxylic acids is 2. The molecule has 0 aliphatic rings. The van der Waals surface area contributed by atoms with Crippen LogP contribution >= 0.6 is 7.82 Å². The number of aliphatic hydroxyl groups is 1. The highest BCUT2D eigenvalue weighted by atomic mass is 31.2. The van der Waals surface area contributed by atoms with Crippen molar-refractivity contribution in [2.75, 3.05) is 47.5 Å². The van der Waals surface area contributed by atoms with Crippen LogP contribution in [0, 0.1) is 0 Å². The van der Waals surface area contributed by atoms with Gasteiger partial charge in [0.15, 0.2) is 6.10 Å². The number of phosphoric acid groups is 1. The molecule has 3 atom stereocenters. The van der Waals surface area contributed by atoms with Gasteiger partial charge in [-0.2, -0.15) is 0 Å². The van der Waals surface area contributed by atoms with E-state index in [4.69, 9.17) is 18.5 Å². The van der Waals surface area contributed by atoms with Gasteiger partial charge in [0.1, 0.15) is 19.8 Å². The second kappa shape index (κ2) is 40.5. The summed E-state index contributed by atoms with van der Waals surface area (Å²) in [6.45, 7) is 4.12. The number of rotatable bonds is 41. The van der Waals surface area contributed by atoms with Gasteiger partial charge in [0.25, 0.3) is 0 Å². The highest BCUT2D eigenvalue weighted by Crippen LogP contribution is 2.43. The van der Waals surface area contributed by atoms with Gasteiger partial charge in [-0.05, 0) is 77.0 Å². The van der Waals surface area contributed by atoms with E-state index in [9.17, 15) is 24.2 Å². The van der Waals surface area contributed by atoms with Gasteiger partial charge in [-0.25, -0.2) is 4.57 Å². The molecule has 0 rings (SSSR count). The van der Waals surface area contributed by atoms with Crippen LogP contribution in [-0.4, -0.2) is 86.1 Å². The Labute approximate surface area is 366 Å². The van der Waals surface area contributed by atoms with Gasteiger partial charge >= 0.3 is 19.8 Å². The molecule has 0 aliphatic carbocycles. The Bertz CT molecular complexity index is 1270. The molecule has 11 heteroatoms. The second-order valence-corrected chi connectivity index (χ2v) is 18.1. The number of esters is 2. The van der Waals surface area contributed by atoms with E-state index >= 15 is 0 Å². The molecule has 2 unspecified atom stereocenters. The predicted octanol–water partition coefficient (Wildman–Crippen LogP) is 12.4. The fraction of sp³-hybridized carbons (Fsp3) is 0.714. The molecule has 0 saturated carbocycles. The average Bonchev–Trinajstić information content (AvgIpc) is 3.19. The molecular weight excluding hydrogens is 778 g/mol. The number of hydrogen-bond donors (Lipinski definition) is 2. The SMILES string of the molecule is CC/C=C/CC(O)/C=C/C=C/CCCCCCCC(=O)O[C@H](COC(=O)CCCCCCCC/C=C\C/C=C\C/C=C\CCCCCC)COP(=O)(O)OCC[N+](C)(C)C. The lowest BCUT2D eigenvalue weighted by Crippen LogP contribution is -2.37. The van der Waals surface area contributed by atoms with E-state index in [1.165, 1.54) is 32.1 Å². The maximum absolute atomic E-state index is 12.7. The van der Waals surface area contributed by atoms with Crippen LogP contribution < -0.4 is 0 Å². The Hall–Kier alpha value is -2.59. The standard InChI is InChI=1S/C49H86NO9P/c1-6-8-10-11-12-13-14-15-16-17-18-19-20-21-22-23-26-29-32-36-40-48(52)56-44-47(45-58-60(54,55)57-43-42-50(3,4)5)59-49(53)41-37-33-30-27-24-25-28-31-35-39-46(51)38-34-9-7-2/h9,13-14,16-17,19-20,28,31,34-35,39,46-47,51H,6-8,10-12,15,18,21-27,29-30,32-33,36-38,40-45H2,1-5H3/p+1/b14-13-,17-16-,20-19-,31-28+,34-9+,39-35+/t46?,47-/m1/s1. The van der Waals surface area contributed by atoms with Crippen molar-refractivity contribution in [2.45, 2.75) is 180 Å². The first-order chi connectivity index (χ1) is 28.9. The molecule has 60 heavy (non-hydrogen) atoms. The van der Waals surface area contributed by atoms with Crippen molar-refractivity contribution in [1.82, 2.24) is 0 Å². The Morgan fingerprint density at radius 3 is 1.73 bits per heavy atom. The summed E-state index contributed by atoms with van der Waals surface area (Å²) in [5, 5.41) is 9.90. The highest BCUT2D eigenvalue weighted by molar-refractivity contribution is 7.47. The molecule has 0 bridgehead atoms. The van der Waals surface area contributed by atoms with Crippen molar-refractivity contribution >= 4 is 19.8 Å². The van der Waals surface area contributed by atoms with E-state index in [2.05, 4.69) is 56.4 Å². The van der Waals surface area contributed by atoms with Crippen molar-refractivity contribution in [2.24, 2.45) is 0 Å². The fourth-order valence-corrected chi connectivity index (χ4v) is 6.62. The molecular formula is C49H87NO9P+. The third-order valence-electron chi connectivity index (χ3n) is 9.55. The second-order valence-electron chi connectivity index (χ2n) is 16.6. The van der Waals surface area contributed by atoms with E-state index in [0.717, 1.165) is 89.9 Å². The maximum Gasteiger partial charge on any atom is 0.472 e. The van der Waals surface area contributed by atoms with Crippen LogP contribution in [-0.2, 0) is 32.7 Å². The fourth-order valence-electron chi connectivity index (χ4n) is 5.88. The molecule has 0 amide bonds. The van der Waals surface area contributed by atoms with Crippen LogP contribution in [0.1, 0.15) is 168 Å². The third-order valence-corrected chi connectivity index (χ3v) is 10.5. The Morgan fingerprint density at radius 1 is 0.617 bits per heavy atom. The minimum Gasteiger partial charge on any atom is -0.462 e. The molecule has 0 radical (unpaired) electrons. The van der Waals surface area contributed by atoms with Gasteiger partial charge in [-0.3, -0.25) is 18.6 Å². The molecule has 2 N–H and O–H groups in total. The normalized spacial score (nSPS) is 14.7. The van der Waals surface area contributed by atoms with Gasteiger partial charge in [0.05, 0.1) is 33.9 Å². The molecule has 0 heterocycles. The van der Waals surface area contributed by atoms with E-state index in [1.54, 1.807) is 6.08 Å². The molecule has 0 aromatic rings. The minimum atomic E-state index is -4.40. The monoisotopic (exact) mass is 865 g/mol. The number of hydrogen-bond acceptors (Lipinski definition) is 8. The van der Waals surface area contributed by atoms with Crippen LogP contribution in [0.25, 0.3) is 0 Å². The Balaban J connectivity index is 4.41. The van der Waals surface area contributed by atoms with Gasteiger partial charge in [0, 0.05) is 12.8 Å². The summed E-state index contributed by atoms with van der Waals surface area (Å²) >= 11 is 0. The summed E-state index contributed by atoms with van der Waals surface area (Å²) in [4.78, 5) is 35.4. The number of unbranched alkanes of at least 4 members (excludes halogenated alkanes) is 15. The topological polar surface area (TPSA) is 129 Å². The smallest absolute Gasteiger partial charge is 0.462 e. The summed E-state index contributed by atoms with van der Waals surface area (Å²) < 4.78 is 34.3. The highest BCUT2D eigenvalue weighted by Gasteiger charge is 2.27. The van der Waals surface area contributed by atoms with E-state index in [-0.39, 0.29) is 26.1 Å². The number of quaternary nitrogens is 1. The van der Waals surface area contributed by atoms with Crippen LogP contribution in [0.3, 0.4) is 0 Å².